The van der Waals surface area contributed by atoms with Crippen molar-refractivity contribution in [2.24, 2.45) is 0 Å². The molecule has 1 N–H and O–H groups in total. The topological polar surface area (TPSA) is 21.3 Å². The predicted octanol–water partition coefficient (Wildman–Crippen LogP) is 3.22. The quantitative estimate of drug-likeness (QED) is 0.882. The van der Waals surface area contributed by atoms with Crippen LogP contribution in [0.3, 0.4) is 0 Å². The average molecular weight is 247 g/mol. The fourth-order valence-corrected chi connectivity index (χ4v) is 1.43. The van der Waals surface area contributed by atoms with Gasteiger partial charge in [-0.15, -0.1) is 0 Å². The lowest BCUT2D eigenvalue weighted by Crippen LogP contribution is -2.19. The molecule has 0 spiro atoms. The minimum Gasteiger partial charge on any atom is -0.484 e. The molecule has 1 aromatic carbocycles. The largest absolute Gasteiger partial charge is 0.484 e. The Balaban J connectivity index is 2.76. The maximum Gasteiger partial charge on any atom is 0.422 e. The fourth-order valence-electron chi connectivity index (χ4n) is 1.43. The van der Waals surface area contributed by atoms with Crippen LogP contribution in [0.25, 0.3) is 0 Å². The van der Waals surface area contributed by atoms with E-state index in [1.807, 2.05) is 20.0 Å². The molecule has 0 radical (unpaired) electrons. The zero-order chi connectivity index (χ0) is 13.1. The van der Waals surface area contributed by atoms with Crippen molar-refractivity contribution in [1.29, 1.82) is 0 Å². The van der Waals surface area contributed by atoms with Crippen LogP contribution in [0.15, 0.2) is 18.2 Å². The summed E-state index contributed by atoms with van der Waals surface area (Å²) in [5.74, 6) is 0.273. The molecule has 0 bridgehead atoms. The molecular weight excluding hydrogens is 231 g/mol. The summed E-state index contributed by atoms with van der Waals surface area (Å²) in [6.45, 7) is 2.46. The van der Waals surface area contributed by atoms with Crippen molar-refractivity contribution in [3.05, 3.63) is 29.3 Å². The Kier molecular flexibility index (Phi) is 4.40. The van der Waals surface area contributed by atoms with Gasteiger partial charge in [-0.2, -0.15) is 13.2 Å². The summed E-state index contributed by atoms with van der Waals surface area (Å²) in [5, 5.41) is 3.06. The van der Waals surface area contributed by atoms with Crippen molar-refractivity contribution in [2.75, 3.05) is 13.7 Å². The molecule has 17 heavy (non-hydrogen) atoms. The molecule has 5 heteroatoms. The molecule has 0 aliphatic carbocycles. The number of rotatable bonds is 4. The van der Waals surface area contributed by atoms with E-state index in [9.17, 15) is 13.2 Å². The second-order valence-corrected chi connectivity index (χ2v) is 3.94. The van der Waals surface area contributed by atoms with Crippen molar-refractivity contribution in [3.63, 3.8) is 0 Å². The highest BCUT2D eigenvalue weighted by Crippen LogP contribution is 2.24. The van der Waals surface area contributed by atoms with E-state index in [-0.39, 0.29) is 11.8 Å². The fraction of sp³-hybridized carbons (Fsp3) is 0.500. The van der Waals surface area contributed by atoms with Gasteiger partial charge in [0.05, 0.1) is 0 Å². The molecule has 2 nitrogen and oxygen atoms in total. The summed E-state index contributed by atoms with van der Waals surface area (Å²) in [5.41, 5.74) is 1.72. The minimum absolute atomic E-state index is 0.158. The van der Waals surface area contributed by atoms with Gasteiger partial charge in [-0.05, 0) is 38.1 Å². The summed E-state index contributed by atoms with van der Waals surface area (Å²) >= 11 is 0. The maximum absolute atomic E-state index is 12.0. The number of aryl methyl sites for hydroxylation is 1. The van der Waals surface area contributed by atoms with Crippen LogP contribution in [0, 0.1) is 6.92 Å². The summed E-state index contributed by atoms with van der Waals surface area (Å²) in [7, 11) is 1.83. The van der Waals surface area contributed by atoms with E-state index in [2.05, 4.69) is 5.32 Å². The van der Waals surface area contributed by atoms with Crippen LogP contribution in [0.5, 0.6) is 5.75 Å². The molecule has 0 aliphatic heterocycles. The van der Waals surface area contributed by atoms with E-state index < -0.39 is 12.8 Å². The van der Waals surface area contributed by atoms with Gasteiger partial charge in [0.2, 0.25) is 0 Å². The maximum atomic E-state index is 12.0. The molecule has 96 valence electrons. The Morgan fingerprint density at radius 1 is 1.35 bits per heavy atom. The Bertz CT molecular complexity index is 377. The lowest BCUT2D eigenvalue weighted by Gasteiger charge is -2.15. The third-order valence-electron chi connectivity index (χ3n) is 2.52. The van der Waals surface area contributed by atoms with Gasteiger partial charge >= 0.3 is 6.18 Å². The van der Waals surface area contributed by atoms with Gasteiger partial charge < -0.3 is 10.1 Å². The third kappa shape index (κ3) is 4.26. The Morgan fingerprint density at radius 3 is 2.47 bits per heavy atom. The van der Waals surface area contributed by atoms with Crippen LogP contribution in [0.2, 0.25) is 0 Å². The molecular formula is C12H16F3NO. The second-order valence-electron chi connectivity index (χ2n) is 3.94. The lowest BCUT2D eigenvalue weighted by molar-refractivity contribution is -0.153. The lowest BCUT2D eigenvalue weighted by atomic mass is 10.1. The van der Waals surface area contributed by atoms with E-state index in [1.54, 1.807) is 19.1 Å². The Hall–Kier alpha value is -1.23. The van der Waals surface area contributed by atoms with Crippen LogP contribution in [0.4, 0.5) is 13.2 Å². The molecule has 0 fully saturated rings. The highest BCUT2D eigenvalue weighted by atomic mass is 19.4. The third-order valence-corrected chi connectivity index (χ3v) is 2.52. The first-order valence-corrected chi connectivity index (χ1v) is 5.31. The SMILES string of the molecule is CNC(C)c1ccc(OCC(F)(F)F)c(C)c1. The smallest absolute Gasteiger partial charge is 0.422 e. The number of alkyl halides is 3. The van der Waals surface area contributed by atoms with Gasteiger partial charge in [0.25, 0.3) is 0 Å². The average Bonchev–Trinajstić information content (AvgIpc) is 2.25. The van der Waals surface area contributed by atoms with Crippen LogP contribution in [0.1, 0.15) is 24.1 Å². The Morgan fingerprint density at radius 2 is 2.00 bits per heavy atom. The first kappa shape index (κ1) is 13.8. The first-order valence-electron chi connectivity index (χ1n) is 5.31. The summed E-state index contributed by atoms with van der Waals surface area (Å²) in [4.78, 5) is 0. The van der Waals surface area contributed by atoms with E-state index in [4.69, 9.17) is 4.74 Å². The molecule has 1 rings (SSSR count). The van der Waals surface area contributed by atoms with Gasteiger partial charge in [-0.25, -0.2) is 0 Å². The summed E-state index contributed by atoms with van der Waals surface area (Å²) in [6.07, 6.45) is -4.30. The van der Waals surface area contributed by atoms with Crippen molar-refractivity contribution in [2.45, 2.75) is 26.1 Å². The van der Waals surface area contributed by atoms with Crippen molar-refractivity contribution in [1.82, 2.24) is 5.32 Å². The number of ether oxygens (including phenoxy) is 1. The van der Waals surface area contributed by atoms with E-state index in [0.717, 1.165) is 5.56 Å². The molecule has 0 heterocycles. The van der Waals surface area contributed by atoms with E-state index in [0.29, 0.717) is 5.56 Å². The number of nitrogens with one attached hydrogen (secondary N) is 1. The van der Waals surface area contributed by atoms with Crippen LogP contribution >= 0.6 is 0 Å². The first-order chi connectivity index (χ1) is 7.83. The standard InChI is InChI=1S/C12H16F3NO/c1-8-6-10(9(2)16-3)4-5-11(8)17-7-12(13,14)15/h4-6,9,16H,7H2,1-3H3. The second kappa shape index (κ2) is 5.40. The van der Waals surface area contributed by atoms with Gasteiger partial charge in [-0.1, -0.05) is 12.1 Å². The normalized spacial score (nSPS) is 13.5. The van der Waals surface area contributed by atoms with Crippen molar-refractivity contribution < 1.29 is 17.9 Å². The van der Waals surface area contributed by atoms with Gasteiger partial charge in [0, 0.05) is 6.04 Å². The number of hydrogen-bond donors (Lipinski definition) is 1. The van der Waals surface area contributed by atoms with Crippen molar-refractivity contribution >= 4 is 0 Å². The molecule has 0 aliphatic rings. The minimum atomic E-state index is -4.30. The van der Waals surface area contributed by atoms with Gasteiger partial charge in [-0.3, -0.25) is 0 Å². The molecule has 1 atom stereocenters. The summed E-state index contributed by atoms with van der Waals surface area (Å²) < 4.78 is 40.7. The van der Waals surface area contributed by atoms with Crippen molar-refractivity contribution in [3.8, 4) is 5.75 Å². The van der Waals surface area contributed by atoms with Crippen LogP contribution < -0.4 is 10.1 Å². The predicted molar refractivity (Wildman–Crippen MR) is 60.2 cm³/mol. The zero-order valence-corrected chi connectivity index (χ0v) is 10.1. The number of benzene rings is 1. The van der Waals surface area contributed by atoms with E-state index in [1.165, 1.54) is 0 Å². The highest BCUT2D eigenvalue weighted by molar-refractivity contribution is 5.37. The molecule has 1 aromatic rings. The molecule has 0 saturated heterocycles. The van der Waals surface area contributed by atoms with Gasteiger partial charge in [0.15, 0.2) is 6.61 Å². The summed E-state index contributed by atoms with van der Waals surface area (Å²) in [6, 6.07) is 5.32. The molecule has 0 aromatic heterocycles. The number of halogens is 3. The molecule has 0 saturated carbocycles. The monoisotopic (exact) mass is 247 g/mol. The number of hydrogen-bond acceptors (Lipinski definition) is 2. The van der Waals surface area contributed by atoms with E-state index >= 15 is 0 Å². The van der Waals surface area contributed by atoms with Crippen LogP contribution in [-0.4, -0.2) is 19.8 Å². The highest BCUT2D eigenvalue weighted by Gasteiger charge is 2.28. The van der Waals surface area contributed by atoms with Crippen LogP contribution in [-0.2, 0) is 0 Å². The van der Waals surface area contributed by atoms with Gasteiger partial charge in [0.1, 0.15) is 5.75 Å². The zero-order valence-electron chi connectivity index (χ0n) is 10.1. The Labute approximate surface area is 98.8 Å². The molecule has 1 unspecified atom stereocenters. The molecule has 0 amide bonds.